The Hall–Kier alpha value is -3.47. The third kappa shape index (κ3) is 14.1. The van der Waals surface area contributed by atoms with Crippen molar-refractivity contribution in [2.24, 2.45) is 22.9 Å². The maximum Gasteiger partial charge on any atom is 0.414 e. The van der Waals surface area contributed by atoms with Crippen molar-refractivity contribution in [3.05, 3.63) is 36.2 Å². The summed E-state index contributed by atoms with van der Waals surface area (Å²) in [6.07, 6.45) is -8.66. The van der Waals surface area contributed by atoms with Gasteiger partial charge in [0.1, 0.15) is 36.1 Å². The Morgan fingerprint density at radius 2 is 1.65 bits per heavy atom. The maximum absolute atomic E-state index is 14.5. The van der Waals surface area contributed by atoms with Crippen LogP contribution in [-0.2, 0) is 60.9 Å². The molecule has 1 amide bonds. The van der Waals surface area contributed by atoms with Gasteiger partial charge in [-0.3, -0.25) is 9.69 Å². The Morgan fingerprint density at radius 3 is 2.31 bits per heavy atom. The number of nitrogens with zero attached hydrogens (tertiary/aromatic N) is 6. The normalized spacial score (nSPS) is 40.2. The molecule has 7 N–H and O–H groups in total. The van der Waals surface area contributed by atoms with Gasteiger partial charge >= 0.3 is 12.1 Å². The standard InChI is InChI=1S/C51H85N7O16S/c1-14-39-51(10,65)43(60)32(6)56(12)24-28(2)22-49(8,64)45(30(4)42(31(5)46(62)72-39)73-40-23-50(9,68-13)44(61)33(7)70-40)74-47-41(59)38(20-29(3)69-47)55(11)19-18-34-25-57(54-53-34)26-36-27-58(48(63)71-36)35-16-15-17-37(21-35)75(52,66)67/h15-17,21,25,28-33,36,38-45,47,59-61,64-65H,14,18-20,22-24,26-27H2,1-13H3,(H2,52,66,67)/t28-,29-,30+,31-,32-,33+,36+,38+,39-,40+,41-,42+,43-,44+,45-,47?,49-,50-,51-/m1/s1. The third-order valence-electron chi connectivity index (χ3n) is 16.1. The first kappa shape index (κ1) is 60.8. The quantitative estimate of drug-likeness (QED) is 0.147. The molecule has 426 valence electrons. The van der Waals surface area contributed by atoms with Crippen LogP contribution < -0.4 is 10.0 Å². The highest BCUT2D eigenvalue weighted by atomic mass is 32.2. The maximum atomic E-state index is 14.5. The average Bonchev–Trinajstić information content (AvgIpc) is 3.96. The van der Waals surface area contributed by atoms with Gasteiger partial charge in [-0.25, -0.2) is 23.0 Å². The van der Waals surface area contributed by atoms with Gasteiger partial charge in [-0.15, -0.1) is 5.10 Å². The first-order chi connectivity index (χ1) is 34.9. The molecule has 0 aliphatic carbocycles. The second-order valence-corrected chi connectivity index (χ2v) is 24.1. The number of ether oxygens (including phenoxy) is 7. The number of rotatable bonds is 14. The Kier molecular flexibility index (Phi) is 19.7. The number of methoxy groups -OCH3 is 1. The van der Waals surface area contributed by atoms with Crippen molar-refractivity contribution in [3.8, 4) is 0 Å². The summed E-state index contributed by atoms with van der Waals surface area (Å²) in [4.78, 5) is 32.4. The molecule has 23 nitrogen and oxygen atoms in total. The molecule has 4 fully saturated rings. The minimum atomic E-state index is -3.99. The lowest BCUT2D eigenvalue weighted by Crippen LogP contribution is -2.61. The van der Waals surface area contributed by atoms with Crippen molar-refractivity contribution in [1.82, 2.24) is 24.8 Å². The number of benzene rings is 1. The molecule has 2 aromatic rings. The number of nitrogens with two attached hydrogens (primary N) is 1. The summed E-state index contributed by atoms with van der Waals surface area (Å²) >= 11 is 0. The first-order valence-corrected chi connectivity index (χ1v) is 27.7. The minimum absolute atomic E-state index is 0.0747. The van der Waals surface area contributed by atoms with E-state index >= 15 is 0 Å². The molecular weight excluding hydrogens is 999 g/mol. The molecule has 0 spiro atoms. The van der Waals surface area contributed by atoms with Gasteiger partial charge in [-0.1, -0.05) is 32.1 Å². The van der Waals surface area contributed by atoms with Crippen LogP contribution in [0.1, 0.15) is 101 Å². The summed E-state index contributed by atoms with van der Waals surface area (Å²) in [6.45, 7) is 18.5. The molecule has 5 heterocycles. The number of amides is 1. The van der Waals surface area contributed by atoms with E-state index in [-0.39, 0.29) is 43.2 Å². The van der Waals surface area contributed by atoms with Gasteiger partial charge in [0.05, 0.1) is 65.2 Å². The number of aliphatic hydroxyl groups excluding tert-OH is 3. The van der Waals surface area contributed by atoms with Gasteiger partial charge < -0.3 is 68.5 Å². The molecule has 4 aliphatic heterocycles. The Bertz CT molecular complexity index is 2350. The van der Waals surface area contributed by atoms with Crippen LogP contribution in [0.15, 0.2) is 35.4 Å². The number of cyclic esters (lactones) is 2. The predicted molar refractivity (Wildman–Crippen MR) is 272 cm³/mol. The van der Waals surface area contributed by atoms with Crippen LogP contribution in [0.3, 0.4) is 0 Å². The molecule has 75 heavy (non-hydrogen) atoms. The number of aliphatic hydroxyl groups is 5. The van der Waals surface area contributed by atoms with E-state index in [0.717, 1.165) is 0 Å². The van der Waals surface area contributed by atoms with E-state index in [1.165, 1.54) is 37.1 Å². The smallest absolute Gasteiger partial charge is 0.414 e. The zero-order valence-electron chi connectivity index (χ0n) is 45.9. The lowest BCUT2D eigenvalue weighted by atomic mass is 9.77. The number of sulfonamides is 1. The first-order valence-electron chi connectivity index (χ1n) is 26.2. The topological polar surface area (TPSA) is 300 Å². The molecule has 6 rings (SSSR count). The van der Waals surface area contributed by atoms with Gasteiger partial charge in [-0.2, -0.15) is 0 Å². The van der Waals surface area contributed by atoms with Gasteiger partial charge in [0.25, 0.3) is 0 Å². The molecule has 4 saturated heterocycles. The lowest BCUT2D eigenvalue weighted by molar-refractivity contribution is -0.318. The van der Waals surface area contributed by atoms with Gasteiger partial charge in [-0.05, 0) is 106 Å². The van der Waals surface area contributed by atoms with Crippen LogP contribution in [0, 0.1) is 17.8 Å². The SMILES string of the molecule is CC[C@H]1OC(=O)[C@H](C)[C@@H](O[C@H]2C[C@@](C)(OC)[C@@H](O)[C@H](C)O2)[C@H](C)[C@@H](OC2O[C@H](C)C[C@H](N(C)CCc3cn(C[C@H]4CN(c5cccc(S(N)(=O)=O)c5)C(=O)O4)nn3)[C@H]2O)[C@](C)(O)C[C@@H](C)CN(C)[C@H](C)[C@@H](O)[C@]1(C)O. The van der Waals surface area contributed by atoms with Crippen LogP contribution >= 0.6 is 0 Å². The molecule has 0 bridgehead atoms. The highest BCUT2D eigenvalue weighted by Gasteiger charge is 2.53. The number of primary sulfonamides is 1. The van der Waals surface area contributed by atoms with Crippen LogP contribution in [0.5, 0.6) is 0 Å². The number of carbonyl (C=O) groups excluding carboxylic acids is 2. The summed E-state index contributed by atoms with van der Waals surface area (Å²) in [5.41, 5.74) is -3.66. The van der Waals surface area contributed by atoms with E-state index in [1.54, 1.807) is 65.4 Å². The van der Waals surface area contributed by atoms with Gasteiger partial charge in [0.15, 0.2) is 12.6 Å². The number of hydrogen-bond donors (Lipinski definition) is 6. The second-order valence-electron chi connectivity index (χ2n) is 22.5. The zero-order valence-corrected chi connectivity index (χ0v) is 46.7. The number of likely N-dealkylation sites (N-methyl/N-ethyl adjacent to an activating group) is 2. The fourth-order valence-corrected chi connectivity index (χ4v) is 12.1. The van der Waals surface area contributed by atoms with Crippen LogP contribution in [-0.4, -0.2) is 208 Å². The van der Waals surface area contributed by atoms with Crippen molar-refractivity contribution in [1.29, 1.82) is 0 Å². The van der Waals surface area contributed by atoms with E-state index in [1.807, 2.05) is 37.7 Å². The molecule has 1 aromatic heterocycles. The molecular formula is C51H85N7O16S. The van der Waals surface area contributed by atoms with Gasteiger partial charge in [0.2, 0.25) is 10.0 Å². The number of hydrogen-bond acceptors (Lipinski definition) is 20. The zero-order chi connectivity index (χ0) is 55.7. The van der Waals surface area contributed by atoms with E-state index in [0.29, 0.717) is 37.3 Å². The predicted octanol–water partition coefficient (Wildman–Crippen LogP) is 1.78. The van der Waals surface area contributed by atoms with Crippen LogP contribution in [0.2, 0.25) is 0 Å². The molecule has 19 atom stereocenters. The summed E-state index contributed by atoms with van der Waals surface area (Å²) in [5.74, 6) is -2.92. The molecule has 1 unspecified atom stereocenters. The van der Waals surface area contributed by atoms with E-state index in [9.17, 15) is 43.5 Å². The molecule has 1 aromatic carbocycles. The van der Waals surface area contributed by atoms with Crippen LogP contribution in [0.25, 0.3) is 0 Å². The monoisotopic (exact) mass is 1080 g/mol. The molecule has 0 saturated carbocycles. The largest absolute Gasteiger partial charge is 0.459 e. The van der Waals surface area contributed by atoms with E-state index in [2.05, 4.69) is 10.3 Å². The van der Waals surface area contributed by atoms with Crippen molar-refractivity contribution in [2.45, 2.75) is 209 Å². The third-order valence-corrected chi connectivity index (χ3v) is 17.1. The highest BCUT2D eigenvalue weighted by Crippen LogP contribution is 2.40. The van der Waals surface area contributed by atoms with Gasteiger partial charge in [0, 0.05) is 62.9 Å². The van der Waals surface area contributed by atoms with Crippen molar-refractivity contribution < 1.29 is 76.7 Å². The summed E-state index contributed by atoms with van der Waals surface area (Å²) < 4.78 is 69.2. The minimum Gasteiger partial charge on any atom is -0.459 e. The number of esters is 1. The average molecular weight is 1080 g/mol. The highest BCUT2D eigenvalue weighted by molar-refractivity contribution is 7.89. The Morgan fingerprint density at radius 1 is 0.960 bits per heavy atom. The van der Waals surface area contributed by atoms with E-state index in [4.69, 9.17) is 38.3 Å². The van der Waals surface area contributed by atoms with Crippen molar-refractivity contribution in [2.75, 3.05) is 45.7 Å². The number of carbonyl (C=O) groups is 2. The number of anilines is 1. The van der Waals surface area contributed by atoms with Crippen molar-refractivity contribution >= 4 is 27.8 Å². The molecule has 24 heteroatoms. The Balaban J connectivity index is 1.22. The second kappa shape index (κ2) is 24.3. The fraction of sp³-hybridized carbons (Fsp3) is 0.804. The summed E-state index contributed by atoms with van der Waals surface area (Å²) in [6, 6.07) is 4.65. The van der Waals surface area contributed by atoms with E-state index < -0.39 is 130 Å². The molecule has 4 aliphatic rings. The lowest BCUT2D eigenvalue weighted by Gasteiger charge is -2.49. The summed E-state index contributed by atoms with van der Waals surface area (Å²) in [7, 11) is 1.19. The fourth-order valence-electron chi connectivity index (χ4n) is 11.5. The molecule has 0 radical (unpaired) electrons. The van der Waals surface area contributed by atoms with Crippen molar-refractivity contribution in [3.63, 3.8) is 0 Å². The van der Waals surface area contributed by atoms with Crippen LogP contribution in [0.4, 0.5) is 10.5 Å². The number of aromatic nitrogens is 3. The Labute approximate surface area is 441 Å². The summed E-state index contributed by atoms with van der Waals surface area (Å²) in [5, 5.41) is 73.6.